The summed E-state index contributed by atoms with van der Waals surface area (Å²) in [5, 5.41) is 0. The van der Waals surface area contributed by atoms with Crippen molar-refractivity contribution >= 4 is 19.8 Å². The number of esters is 2. The zero-order valence-electron chi connectivity index (χ0n) is 35.6. The van der Waals surface area contributed by atoms with Crippen molar-refractivity contribution in [3.8, 4) is 0 Å². The van der Waals surface area contributed by atoms with E-state index in [-0.39, 0.29) is 38.3 Å². The van der Waals surface area contributed by atoms with E-state index >= 15 is 0 Å². The van der Waals surface area contributed by atoms with Crippen LogP contribution in [-0.2, 0) is 37.4 Å². The van der Waals surface area contributed by atoms with Gasteiger partial charge >= 0.3 is 11.9 Å². The van der Waals surface area contributed by atoms with Crippen molar-refractivity contribution < 1.29 is 46.8 Å². The molecule has 1 aliphatic rings. The minimum atomic E-state index is -4.64. The molecule has 4 atom stereocenters. The number of nitrogens with zero attached hydrogens (tertiary/aromatic N) is 1. The van der Waals surface area contributed by atoms with Gasteiger partial charge in [0.05, 0.1) is 40.0 Å². The number of hydrogen-bond acceptors (Lipinski definition) is 9. The standard InChI is InChI=1S/C44H80NO9P/c1-6-8-10-12-14-16-18-20-22-24-26-28-30-34-44(47)53-40(39-52-55(48,49)51-37-36-45(3,4)5)38-50-43(46)35-31-33-42-41(54-42)32-29-27-25-23-21-19-17-15-13-11-9-7-2/h15,17,21,23,27,29,40-42H,6-14,16,18-20,22,24-26,28,30-39H2,1-5H3/b17-15-,23-21-,29-27-/t40-,41?,42?/m1/s1. The van der Waals surface area contributed by atoms with Gasteiger partial charge in [0.15, 0.2) is 6.10 Å². The third-order valence-electron chi connectivity index (χ3n) is 9.59. The highest BCUT2D eigenvalue weighted by atomic mass is 31.2. The zero-order valence-corrected chi connectivity index (χ0v) is 36.5. The lowest BCUT2D eigenvalue weighted by Gasteiger charge is -2.28. The van der Waals surface area contributed by atoms with Crippen molar-refractivity contribution in [3.05, 3.63) is 36.5 Å². The van der Waals surface area contributed by atoms with E-state index in [9.17, 15) is 19.0 Å². The number of phosphoric acid groups is 1. The van der Waals surface area contributed by atoms with Crippen LogP contribution in [-0.4, -0.2) is 82.2 Å². The number of carbonyl (C=O) groups excluding carboxylic acids is 2. The summed E-state index contributed by atoms with van der Waals surface area (Å²) in [6, 6.07) is 0. The maximum Gasteiger partial charge on any atom is 0.306 e. The van der Waals surface area contributed by atoms with Crippen LogP contribution in [0.3, 0.4) is 0 Å². The molecule has 55 heavy (non-hydrogen) atoms. The van der Waals surface area contributed by atoms with Crippen LogP contribution >= 0.6 is 7.82 Å². The van der Waals surface area contributed by atoms with E-state index in [0.29, 0.717) is 23.9 Å². The Morgan fingerprint density at radius 3 is 1.84 bits per heavy atom. The van der Waals surface area contributed by atoms with Crippen molar-refractivity contribution in [1.82, 2.24) is 0 Å². The van der Waals surface area contributed by atoms with Crippen LogP contribution in [0.1, 0.15) is 168 Å². The summed E-state index contributed by atoms with van der Waals surface area (Å²) < 4.78 is 39.6. The molecule has 0 aromatic heterocycles. The molecule has 1 heterocycles. The number of carbonyl (C=O) groups is 2. The topological polar surface area (TPSA) is 124 Å². The minimum absolute atomic E-state index is 0.0423. The minimum Gasteiger partial charge on any atom is -0.756 e. The van der Waals surface area contributed by atoms with Gasteiger partial charge in [-0.2, -0.15) is 0 Å². The Hall–Kier alpha value is -1.81. The fourth-order valence-electron chi connectivity index (χ4n) is 6.03. The molecule has 0 spiro atoms. The third-order valence-corrected chi connectivity index (χ3v) is 10.6. The van der Waals surface area contributed by atoms with Crippen molar-refractivity contribution in [2.45, 2.75) is 186 Å². The molecule has 10 nitrogen and oxygen atoms in total. The number of quaternary nitrogens is 1. The van der Waals surface area contributed by atoms with E-state index in [1.807, 2.05) is 21.1 Å². The second kappa shape index (κ2) is 33.2. The molecule has 0 amide bonds. The number of hydrogen-bond donors (Lipinski definition) is 0. The number of ether oxygens (including phenoxy) is 3. The Morgan fingerprint density at radius 2 is 1.22 bits per heavy atom. The quantitative estimate of drug-likeness (QED) is 0.0150. The molecule has 0 saturated carbocycles. The van der Waals surface area contributed by atoms with Gasteiger partial charge < -0.3 is 32.6 Å². The fraction of sp³-hybridized carbons (Fsp3) is 0.818. The third kappa shape index (κ3) is 34.0. The highest BCUT2D eigenvalue weighted by molar-refractivity contribution is 7.45. The average Bonchev–Trinajstić information content (AvgIpc) is 3.88. The van der Waals surface area contributed by atoms with Crippen LogP contribution in [0, 0.1) is 0 Å². The summed E-state index contributed by atoms with van der Waals surface area (Å²) in [5.74, 6) is -0.909. The Bertz CT molecular complexity index is 1100. The van der Waals surface area contributed by atoms with E-state index in [0.717, 1.165) is 44.9 Å². The number of phosphoric ester groups is 1. The van der Waals surface area contributed by atoms with Crippen LogP contribution in [0.15, 0.2) is 36.5 Å². The smallest absolute Gasteiger partial charge is 0.306 e. The van der Waals surface area contributed by atoms with Crippen LogP contribution < -0.4 is 4.89 Å². The van der Waals surface area contributed by atoms with Gasteiger partial charge in [0.2, 0.25) is 0 Å². The molecule has 0 aliphatic carbocycles. The fourth-order valence-corrected chi connectivity index (χ4v) is 6.76. The average molecular weight is 798 g/mol. The predicted molar refractivity (Wildman–Crippen MR) is 221 cm³/mol. The van der Waals surface area contributed by atoms with Crippen LogP contribution in [0.25, 0.3) is 0 Å². The lowest BCUT2D eigenvalue weighted by atomic mass is 10.0. The number of unbranched alkanes of at least 4 members (excludes halogenated alkanes) is 15. The SMILES string of the molecule is CCCCC/C=C\C/C=C\C/C=C\CC1OC1CCCC(=O)OC[C@H](COP(=O)([O-])OCC[N+](C)(C)C)OC(=O)CCCCCCCCCCCCCCC. The molecule has 0 radical (unpaired) electrons. The molecule has 1 fully saturated rings. The highest BCUT2D eigenvalue weighted by Crippen LogP contribution is 2.38. The first-order chi connectivity index (χ1) is 26.5. The number of allylic oxidation sites excluding steroid dienone is 5. The molecule has 1 saturated heterocycles. The van der Waals surface area contributed by atoms with E-state index in [4.69, 9.17) is 23.3 Å². The van der Waals surface area contributed by atoms with Crippen LogP contribution in [0.5, 0.6) is 0 Å². The van der Waals surface area contributed by atoms with E-state index in [2.05, 4.69) is 50.3 Å². The summed E-state index contributed by atoms with van der Waals surface area (Å²) in [4.78, 5) is 37.6. The Labute approximate surface area is 336 Å². The maximum atomic E-state index is 12.7. The van der Waals surface area contributed by atoms with Gasteiger partial charge in [0.1, 0.15) is 19.8 Å². The molecule has 11 heteroatoms. The molecule has 0 N–H and O–H groups in total. The maximum absolute atomic E-state index is 12.7. The van der Waals surface area contributed by atoms with Gasteiger partial charge in [-0.25, -0.2) is 0 Å². The molecule has 1 aliphatic heterocycles. The van der Waals surface area contributed by atoms with Crippen LogP contribution in [0.4, 0.5) is 0 Å². The number of epoxide rings is 1. The first-order valence-corrected chi connectivity index (χ1v) is 23.3. The normalized spacial score (nSPS) is 17.6. The first kappa shape index (κ1) is 51.2. The molecule has 0 bridgehead atoms. The lowest BCUT2D eigenvalue weighted by molar-refractivity contribution is -0.870. The van der Waals surface area contributed by atoms with Crippen molar-refractivity contribution in [2.75, 3.05) is 47.5 Å². The summed E-state index contributed by atoms with van der Waals surface area (Å²) in [7, 11) is 1.12. The molecule has 0 aromatic rings. The van der Waals surface area contributed by atoms with Gasteiger partial charge in [0.25, 0.3) is 7.82 Å². The molecule has 320 valence electrons. The molecular formula is C44H80NO9P. The second-order valence-corrected chi connectivity index (χ2v) is 17.5. The molecule has 3 unspecified atom stereocenters. The summed E-state index contributed by atoms with van der Waals surface area (Å²) in [6.07, 6.45) is 37.6. The predicted octanol–water partition coefficient (Wildman–Crippen LogP) is 10.5. The molecular weight excluding hydrogens is 717 g/mol. The summed E-state index contributed by atoms with van der Waals surface area (Å²) >= 11 is 0. The number of rotatable bonds is 38. The van der Waals surface area contributed by atoms with Crippen molar-refractivity contribution in [3.63, 3.8) is 0 Å². The summed E-state index contributed by atoms with van der Waals surface area (Å²) in [5.41, 5.74) is 0. The van der Waals surface area contributed by atoms with E-state index in [1.165, 1.54) is 83.5 Å². The van der Waals surface area contributed by atoms with Crippen molar-refractivity contribution in [1.29, 1.82) is 0 Å². The Morgan fingerprint density at radius 1 is 0.673 bits per heavy atom. The zero-order chi connectivity index (χ0) is 40.5. The Balaban J connectivity index is 2.34. The number of likely N-dealkylation sites (N-methyl/N-ethyl adjacent to an activating group) is 1. The van der Waals surface area contributed by atoms with E-state index in [1.54, 1.807) is 0 Å². The van der Waals surface area contributed by atoms with E-state index < -0.39 is 32.5 Å². The molecule has 0 aromatic carbocycles. The van der Waals surface area contributed by atoms with Gasteiger partial charge in [-0.3, -0.25) is 14.2 Å². The first-order valence-electron chi connectivity index (χ1n) is 21.8. The van der Waals surface area contributed by atoms with Gasteiger partial charge in [-0.05, 0) is 51.4 Å². The van der Waals surface area contributed by atoms with Gasteiger partial charge in [-0.1, -0.05) is 140 Å². The van der Waals surface area contributed by atoms with Crippen molar-refractivity contribution in [2.24, 2.45) is 0 Å². The molecule has 1 rings (SSSR count). The largest absolute Gasteiger partial charge is 0.756 e. The van der Waals surface area contributed by atoms with Gasteiger partial charge in [0, 0.05) is 12.8 Å². The highest BCUT2D eigenvalue weighted by Gasteiger charge is 2.36. The monoisotopic (exact) mass is 798 g/mol. The van der Waals surface area contributed by atoms with Gasteiger partial charge in [-0.15, -0.1) is 0 Å². The summed E-state index contributed by atoms with van der Waals surface area (Å²) in [6.45, 7) is 4.11. The lowest BCUT2D eigenvalue weighted by Crippen LogP contribution is -2.37. The van der Waals surface area contributed by atoms with Crippen LogP contribution in [0.2, 0.25) is 0 Å². The Kier molecular flexibility index (Phi) is 30.9. The second-order valence-electron chi connectivity index (χ2n) is 16.1.